The lowest BCUT2D eigenvalue weighted by molar-refractivity contribution is -0.138. The largest absolute Gasteiger partial charge is 0.335 e. The van der Waals surface area contributed by atoms with E-state index in [9.17, 15) is 22.0 Å². The summed E-state index contributed by atoms with van der Waals surface area (Å²) in [5, 5.41) is 0.266. The van der Waals surface area contributed by atoms with E-state index in [-0.39, 0.29) is 40.5 Å². The second-order valence-electron chi connectivity index (χ2n) is 8.05. The molecule has 1 heterocycles. The summed E-state index contributed by atoms with van der Waals surface area (Å²) < 4.78 is 54.7. The predicted octanol–water partition coefficient (Wildman–Crippen LogP) is 4.21. The molecule has 2 aromatic carbocycles. The SMILES string of the molecule is O=C(C1CCCN(S(=O)(=O)c2ccc(F)cc2)C1)N(Cc1c(F)cccc1Cl)C1CC1. The molecule has 2 fully saturated rings. The standard InChI is InChI=1S/C22H23ClF2N2O3S/c23-20-4-1-5-21(25)19(20)14-27(17-8-9-17)22(28)15-3-2-12-26(13-15)31(29,30)18-10-6-16(24)7-11-18/h1,4-7,10-11,15,17H,2-3,8-9,12-14H2. The Morgan fingerprint density at radius 2 is 1.81 bits per heavy atom. The summed E-state index contributed by atoms with van der Waals surface area (Å²) in [6.45, 7) is 0.412. The first-order valence-corrected chi connectivity index (χ1v) is 12.1. The van der Waals surface area contributed by atoms with E-state index in [1.54, 1.807) is 11.0 Å². The fourth-order valence-corrected chi connectivity index (χ4v) is 5.73. The second-order valence-corrected chi connectivity index (χ2v) is 10.4. The number of amides is 1. The van der Waals surface area contributed by atoms with Crippen molar-refractivity contribution in [3.63, 3.8) is 0 Å². The number of rotatable bonds is 6. The number of carbonyl (C=O) groups is 1. The first-order valence-electron chi connectivity index (χ1n) is 10.3. The smallest absolute Gasteiger partial charge is 0.243 e. The van der Waals surface area contributed by atoms with Crippen LogP contribution in [0.2, 0.25) is 5.02 Å². The van der Waals surface area contributed by atoms with Crippen LogP contribution in [0.15, 0.2) is 47.4 Å². The Morgan fingerprint density at radius 1 is 1.10 bits per heavy atom. The molecule has 9 heteroatoms. The van der Waals surface area contributed by atoms with E-state index in [1.165, 1.54) is 28.6 Å². The van der Waals surface area contributed by atoms with Crippen LogP contribution in [-0.2, 0) is 21.4 Å². The van der Waals surface area contributed by atoms with Crippen LogP contribution in [-0.4, -0.2) is 42.7 Å². The molecular formula is C22H23ClF2N2O3S. The molecule has 0 spiro atoms. The first kappa shape index (κ1) is 22.2. The number of nitrogens with zero attached hydrogens (tertiary/aromatic N) is 2. The normalized spacial score (nSPS) is 19.9. The molecule has 1 amide bonds. The Balaban J connectivity index is 1.52. The van der Waals surface area contributed by atoms with Gasteiger partial charge in [-0.1, -0.05) is 17.7 Å². The van der Waals surface area contributed by atoms with Crippen molar-refractivity contribution in [2.75, 3.05) is 13.1 Å². The van der Waals surface area contributed by atoms with Crippen molar-refractivity contribution in [2.24, 2.45) is 5.92 Å². The zero-order valence-corrected chi connectivity index (χ0v) is 18.4. The van der Waals surface area contributed by atoms with E-state index in [1.807, 2.05) is 0 Å². The Morgan fingerprint density at radius 3 is 2.45 bits per heavy atom. The van der Waals surface area contributed by atoms with Crippen molar-refractivity contribution < 1.29 is 22.0 Å². The topological polar surface area (TPSA) is 57.7 Å². The molecule has 1 saturated heterocycles. The molecule has 31 heavy (non-hydrogen) atoms. The van der Waals surface area contributed by atoms with Crippen LogP contribution in [0.25, 0.3) is 0 Å². The molecule has 1 aliphatic carbocycles. The average Bonchev–Trinajstić information content (AvgIpc) is 3.59. The zero-order valence-electron chi connectivity index (χ0n) is 16.8. The lowest BCUT2D eigenvalue weighted by atomic mass is 9.97. The third-order valence-corrected chi connectivity index (χ3v) is 8.08. The van der Waals surface area contributed by atoms with Gasteiger partial charge in [0, 0.05) is 29.7 Å². The van der Waals surface area contributed by atoms with E-state index >= 15 is 0 Å². The van der Waals surface area contributed by atoms with Crippen LogP contribution in [0.5, 0.6) is 0 Å². The molecule has 0 bridgehead atoms. The summed E-state index contributed by atoms with van der Waals surface area (Å²) in [6.07, 6.45) is 2.77. The summed E-state index contributed by atoms with van der Waals surface area (Å²) in [6, 6.07) is 9.11. The lowest BCUT2D eigenvalue weighted by Gasteiger charge is -2.34. The molecule has 1 aliphatic heterocycles. The van der Waals surface area contributed by atoms with Gasteiger partial charge in [-0.2, -0.15) is 4.31 Å². The van der Waals surface area contributed by atoms with Crippen LogP contribution in [0.4, 0.5) is 8.78 Å². The molecule has 2 aliphatic rings. The molecule has 0 N–H and O–H groups in total. The van der Waals surface area contributed by atoms with Crippen molar-refractivity contribution in [3.8, 4) is 0 Å². The maximum Gasteiger partial charge on any atom is 0.243 e. The van der Waals surface area contributed by atoms with Crippen LogP contribution in [0.3, 0.4) is 0 Å². The summed E-state index contributed by atoms with van der Waals surface area (Å²) in [7, 11) is -3.83. The maximum absolute atomic E-state index is 14.3. The van der Waals surface area contributed by atoms with Gasteiger partial charge in [0.25, 0.3) is 0 Å². The van der Waals surface area contributed by atoms with Crippen LogP contribution >= 0.6 is 11.6 Å². The van der Waals surface area contributed by atoms with Crippen LogP contribution in [0, 0.1) is 17.6 Å². The van der Waals surface area contributed by atoms with Gasteiger partial charge in [0.15, 0.2) is 0 Å². The van der Waals surface area contributed by atoms with Gasteiger partial charge in [-0.05, 0) is 62.1 Å². The molecule has 0 aromatic heterocycles. The monoisotopic (exact) mass is 468 g/mol. The number of benzene rings is 2. The Hall–Kier alpha value is -2.03. The quantitative estimate of drug-likeness (QED) is 0.638. The third-order valence-electron chi connectivity index (χ3n) is 5.85. The summed E-state index contributed by atoms with van der Waals surface area (Å²) in [5.74, 6) is -1.68. The second kappa shape index (κ2) is 8.84. The molecule has 5 nitrogen and oxygen atoms in total. The van der Waals surface area contributed by atoms with Gasteiger partial charge in [0.1, 0.15) is 11.6 Å². The Labute approximate surface area is 185 Å². The van der Waals surface area contributed by atoms with Crippen molar-refractivity contribution in [1.82, 2.24) is 9.21 Å². The maximum atomic E-state index is 14.3. The number of hydrogen-bond acceptors (Lipinski definition) is 3. The van der Waals surface area contributed by atoms with Crippen molar-refractivity contribution in [2.45, 2.75) is 43.2 Å². The van der Waals surface area contributed by atoms with Crippen LogP contribution < -0.4 is 0 Å². The average molecular weight is 469 g/mol. The van der Waals surface area contributed by atoms with E-state index in [4.69, 9.17) is 11.6 Å². The lowest BCUT2D eigenvalue weighted by Crippen LogP contribution is -2.47. The van der Waals surface area contributed by atoms with Gasteiger partial charge in [-0.25, -0.2) is 17.2 Å². The minimum atomic E-state index is -3.83. The first-order chi connectivity index (χ1) is 14.8. The molecule has 1 saturated carbocycles. The van der Waals surface area contributed by atoms with Crippen molar-refractivity contribution in [1.29, 1.82) is 0 Å². The highest BCUT2D eigenvalue weighted by Gasteiger charge is 2.40. The molecular weight excluding hydrogens is 446 g/mol. The molecule has 1 unspecified atom stereocenters. The van der Waals surface area contributed by atoms with Crippen molar-refractivity contribution >= 4 is 27.5 Å². The molecule has 166 valence electrons. The van der Waals surface area contributed by atoms with Gasteiger partial charge in [-0.15, -0.1) is 0 Å². The van der Waals surface area contributed by atoms with Gasteiger partial charge < -0.3 is 4.90 Å². The summed E-state index contributed by atoms with van der Waals surface area (Å²) in [4.78, 5) is 15.0. The van der Waals surface area contributed by atoms with Gasteiger partial charge in [-0.3, -0.25) is 4.79 Å². The third kappa shape index (κ3) is 4.76. The highest BCUT2D eigenvalue weighted by atomic mass is 35.5. The van der Waals surface area contributed by atoms with Gasteiger partial charge in [0.05, 0.1) is 17.4 Å². The number of carbonyl (C=O) groups excluding carboxylic acids is 1. The van der Waals surface area contributed by atoms with Crippen molar-refractivity contribution in [3.05, 3.63) is 64.7 Å². The Kier molecular flexibility index (Phi) is 6.32. The number of hydrogen-bond donors (Lipinski definition) is 0. The van der Waals surface area contributed by atoms with E-state index in [0.29, 0.717) is 19.4 Å². The zero-order chi connectivity index (χ0) is 22.2. The summed E-state index contributed by atoms with van der Waals surface area (Å²) in [5.41, 5.74) is 0.274. The molecule has 1 atom stereocenters. The Bertz CT molecular complexity index is 1050. The summed E-state index contributed by atoms with van der Waals surface area (Å²) >= 11 is 6.16. The number of halogens is 3. The molecule has 0 radical (unpaired) electrons. The highest BCUT2D eigenvalue weighted by Crippen LogP contribution is 2.34. The molecule has 4 rings (SSSR count). The van der Waals surface area contributed by atoms with E-state index in [2.05, 4.69) is 0 Å². The van der Waals surface area contributed by atoms with Crippen LogP contribution in [0.1, 0.15) is 31.2 Å². The minimum Gasteiger partial charge on any atom is -0.335 e. The highest BCUT2D eigenvalue weighted by molar-refractivity contribution is 7.89. The number of piperidine rings is 1. The predicted molar refractivity (Wildman–Crippen MR) is 113 cm³/mol. The van der Waals surface area contributed by atoms with Gasteiger partial charge in [0.2, 0.25) is 15.9 Å². The minimum absolute atomic E-state index is 0.000753. The fourth-order valence-electron chi connectivity index (χ4n) is 3.98. The molecule has 2 aromatic rings. The van der Waals surface area contributed by atoms with E-state index in [0.717, 1.165) is 25.0 Å². The number of sulfonamides is 1. The van der Waals surface area contributed by atoms with E-state index < -0.39 is 27.6 Å². The van der Waals surface area contributed by atoms with Gasteiger partial charge >= 0.3 is 0 Å². The fraction of sp³-hybridized carbons (Fsp3) is 0.409.